The summed E-state index contributed by atoms with van der Waals surface area (Å²) in [5.41, 5.74) is 7.52. The second-order valence-electron chi connectivity index (χ2n) is 10.6. The third kappa shape index (κ3) is 14.6. The minimum atomic E-state index is 0.0337. The van der Waals surface area contributed by atoms with Crippen molar-refractivity contribution in [3.8, 4) is 0 Å². The van der Waals surface area contributed by atoms with Gasteiger partial charge in [-0.25, -0.2) is 0 Å². The zero-order valence-electron chi connectivity index (χ0n) is 21.4. The van der Waals surface area contributed by atoms with Gasteiger partial charge in [0.2, 0.25) is 0 Å². The third-order valence-electron chi connectivity index (χ3n) is 7.46. The van der Waals surface area contributed by atoms with E-state index in [9.17, 15) is 0 Å². The second kappa shape index (κ2) is 18.7. The first-order valence-corrected chi connectivity index (χ1v) is 13.7. The Morgan fingerprint density at radius 1 is 0.414 bits per heavy atom. The molecule has 0 aliphatic heterocycles. The summed E-state index contributed by atoms with van der Waals surface area (Å²) in [6.07, 6.45) is 28.6. The molecule has 0 aliphatic rings. The molecule has 0 heterocycles. The Morgan fingerprint density at radius 2 is 0.690 bits per heavy atom. The van der Waals surface area contributed by atoms with E-state index in [1.54, 1.807) is 0 Å². The maximum atomic E-state index is 7.22. The lowest BCUT2D eigenvalue weighted by Gasteiger charge is -2.45. The molecule has 0 aromatic rings. The van der Waals surface area contributed by atoms with E-state index in [1.807, 2.05) is 0 Å². The Hall–Kier alpha value is -0.0400. The second-order valence-corrected chi connectivity index (χ2v) is 10.6. The normalized spacial score (nSPS) is 12.6. The van der Waals surface area contributed by atoms with Crippen LogP contribution in [0, 0.1) is 5.41 Å². The number of hydrogen-bond donors (Lipinski definition) is 1. The van der Waals surface area contributed by atoms with E-state index in [0.717, 1.165) is 0 Å². The van der Waals surface area contributed by atoms with Crippen molar-refractivity contribution in [3.05, 3.63) is 0 Å². The van der Waals surface area contributed by atoms with Gasteiger partial charge < -0.3 is 5.73 Å². The summed E-state index contributed by atoms with van der Waals surface area (Å²) in [5.74, 6) is 0. The summed E-state index contributed by atoms with van der Waals surface area (Å²) in [6.45, 7) is 11.9. The number of nitrogens with two attached hydrogens (primary N) is 1. The lowest BCUT2D eigenvalue weighted by atomic mass is 9.65. The summed E-state index contributed by atoms with van der Waals surface area (Å²) < 4.78 is 0. The lowest BCUT2D eigenvalue weighted by molar-refractivity contribution is 0.117. The van der Waals surface area contributed by atoms with Crippen molar-refractivity contribution in [1.82, 2.24) is 0 Å². The Kier molecular flexibility index (Phi) is 18.7. The minimum Gasteiger partial charge on any atom is -0.325 e. The highest BCUT2D eigenvalue weighted by Crippen LogP contribution is 2.41. The van der Waals surface area contributed by atoms with E-state index in [-0.39, 0.29) is 11.0 Å². The average Bonchev–Trinajstić information content (AvgIpc) is 2.70. The minimum absolute atomic E-state index is 0.0337. The zero-order chi connectivity index (χ0) is 21.8. The highest BCUT2D eigenvalue weighted by atomic mass is 14.8. The summed E-state index contributed by atoms with van der Waals surface area (Å²) in [5, 5.41) is 0. The van der Waals surface area contributed by atoms with Gasteiger partial charge in [-0.3, -0.25) is 0 Å². The molecular formula is C28H59N. The maximum Gasteiger partial charge on any atom is 0.0206 e. The fraction of sp³-hybridized carbons (Fsp3) is 1.00. The predicted octanol–water partition coefficient (Wildman–Crippen LogP) is 9.96. The van der Waals surface area contributed by atoms with Crippen LogP contribution >= 0.6 is 0 Å². The largest absolute Gasteiger partial charge is 0.325 e. The van der Waals surface area contributed by atoms with E-state index in [2.05, 4.69) is 34.6 Å². The molecule has 1 nitrogen and oxygen atoms in total. The smallest absolute Gasteiger partial charge is 0.0206 e. The first-order chi connectivity index (χ1) is 13.9. The van der Waals surface area contributed by atoms with Crippen molar-refractivity contribution < 1.29 is 0 Å². The zero-order valence-corrected chi connectivity index (χ0v) is 21.4. The molecule has 0 fully saturated rings. The van der Waals surface area contributed by atoms with Crippen molar-refractivity contribution in [3.63, 3.8) is 0 Å². The van der Waals surface area contributed by atoms with Crippen LogP contribution in [0.4, 0.5) is 0 Å². The summed E-state index contributed by atoms with van der Waals surface area (Å²) >= 11 is 0. The molecular weight excluding hydrogens is 350 g/mol. The molecule has 0 aromatic carbocycles. The third-order valence-corrected chi connectivity index (χ3v) is 7.46. The fourth-order valence-corrected chi connectivity index (χ4v) is 4.84. The summed E-state index contributed by atoms with van der Waals surface area (Å²) in [4.78, 5) is 0. The molecule has 0 atom stereocenters. The van der Waals surface area contributed by atoms with Crippen LogP contribution in [0.3, 0.4) is 0 Å². The first-order valence-electron chi connectivity index (χ1n) is 13.7. The molecule has 176 valence electrons. The van der Waals surface area contributed by atoms with Gasteiger partial charge in [0.1, 0.15) is 0 Å². The van der Waals surface area contributed by atoms with Crippen molar-refractivity contribution >= 4 is 0 Å². The van der Waals surface area contributed by atoms with Crippen LogP contribution in [0.5, 0.6) is 0 Å². The molecule has 0 bridgehead atoms. The van der Waals surface area contributed by atoms with Crippen LogP contribution in [0.1, 0.15) is 169 Å². The molecule has 0 rings (SSSR count). The van der Waals surface area contributed by atoms with Crippen molar-refractivity contribution in [2.45, 2.75) is 175 Å². The van der Waals surface area contributed by atoms with Crippen LogP contribution in [-0.2, 0) is 0 Å². The van der Waals surface area contributed by atoms with Gasteiger partial charge >= 0.3 is 0 Å². The molecule has 29 heavy (non-hydrogen) atoms. The fourth-order valence-electron chi connectivity index (χ4n) is 4.84. The number of rotatable bonds is 22. The summed E-state index contributed by atoms with van der Waals surface area (Å²) in [7, 11) is 0. The van der Waals surface area contributed by atoms with Crippen LogP contribution < -0.4 is 5.73 Å². The number of hydrogen-bond acceptors (Lipinski definition) is 1. The Morgan fingerprint density at radius 3 is 1.03 bits per heavy atom. The van der Waals surface area contributed by atoms with Gasteiger partial charge in [-0.2, -0.15) is 0 Å². The van der Waals surface area contributed by atoms with Gasteiger partial charge in [0.05, 0.1) is 0 Å². The van der Waals surface area contributed by atoms with Gasteiger partial charge in [0, 0.05) is 5.54 Å². The highest BCUT2D eigenvalue weighted by Gasteiger charge is 2.39. The van der Waals surface area contributed by atoms with Crippen molar-refractivity contribution in [2.24, 2.45) is 11.1 Å². The molecule has 0 saturated carbocycles. The quantitative estimate of drug-likeness (QED) is 0.177. The molecule has 1 heteroatoms. The van der Waals surface area contributed by atoms with Gasteiger partial charge in [0.25, 0.3) is 0 Å². The van der Waals surface area contributed by atoms with Gasteiger partial charge in [-0.15, -0.1) is 0 Å². The number of unbranched alkanes of at least 4 members (excludes halogenated alkanes) is 15. The molecule has 0 aliphatic carbocycles. The van der Waals surface area contributed by atoms with E-state index in [1.165, 1.54) is 135 Å². The van der Waals surface area contributed by atoms with E-state index in [0.29, 0.717) is 0 Å². The van der Waals surface area contributed by atoms with Gasteiger partial charge in [-0.05, 0) is 24.7 Å². The van der Waals surface area contributed by atoms with Crippen LogP contribution in [-0.4, -0.2) is 5.54 Å². The predicted molar refractivity (Wildman–Crippen MR) is 135 cm³/mol. The van der Waals surface area contributed by atoms with Crippen LogP contribution in [0.25, 0.3) is 0 Å². The Balaban J connectivity index is 4.50. The van der Waals surface area contributed by atoms with Crippen LogP contribution in [0.2, 0.25) is 0 Å². The molecule has 0 saturated heterocycles. The maximum absolute atomic E-state index is 7.22. The molecule has 0 radical (unpaired) electrons. The van der Waals surface area contributed by atoms with E-state index < -0.39 is 0 Å². The SMILES string of the molecule is CCCCCCCCC(C)(C)C(N)(CCCCCCCC)CCCCCCCC. The molecule has 2 N–H and O–H groups in total. The van der Waals surface area contributed by atoms with E-state index in [4.69, 9.17) is 5.73 Å². The topological polar surface area (TPSA) is 26.0 Å². The van der Waals surface area contributed by atoms with Crippen molar-refractivity contribution in [2.75, 3.05) is 0 Å². The first kappa shape index (κ1) is 29.0. The van der Waals surface area contributed by atoms with Gasteiger partial charge in [-0.1, -0.05) is 150 Å². The lowest BCUT2D eigenvalue weighted by Crippen LogP contribution is -2.52. The van der Waals surface area contributed by atoms with E-state index >= 15 is 0 Å². The molecule has 0 aromatic heterocycles. The highest BCUT2D eigenvalue weighted by molar-refractivity contribution is 4.97. The van der Waals surface area contributed by atoms with Gasteiger partial charge in [0.15, 0.2) is 0 Å². The monoisotopic (exact) mass is 409 g/mol. The van der Waals surface area contributed by atoms with Crippen LogP contribution in [0.15, 0.2) is 0 Å². The molecule has 0 amide bonds. The average molecular weight is 410 g/mol. The molecule has 0 unspecified atom stereocenters. The summed E-state index contributed by atoms with van der Waals surface area (Å²) in [6, 6.07) is 0. The standard InChI is InChI=1S/C28H59N/c1-6-9-12-15-18-21-24-27(4,5)28(29,25-22-19-16-13-10-7-2)26-23-20-17-14-11-8-3/h6-26,29H2,1-5H3. The Labute approximate surface area is 186 Å². The molecule has 0 spiro atoms. The van der Waals surface area contributed by atoms with Crippen molar-refractivity contribution in [1.29, 1.82) is 0 Å². The Bertz CT molecular complexity index is 317.